The standard InChI is InChI=1S/C23H22ClNO2S/c1-17-8-14-22(15-9-17)28(26,27)25-23(20-10-12-21(24)13-11-20)16-18(2)19-6-4-3-5-7-19/h3-15,23,25H,2,16H2,1H3. The predicted octanol–water partition coefficient (Wildman–Crippen LogP) is 5.77. The fraction of sp³-hybridized carbons (Fsp3) is 0.130. The molecule has 0 saturated heterocycles. The van der Waals surface area contributed by atoms with Crippen molar-refractivity contribution in [3.8, 4) is 0 Å². The van der Waals surface area contributed by atoms with Crippen LogP contribution in [0.25, 0.3) is 5.57 Å². The molecule has 0 aliphatic heterocycles. The zero-order chi connectivity index (χ0) is 20.1. The number of halogens is 1. The quantitative estimate of drug-likeness (QED) is 0.536. The molecule has 0 amide bonds. The Morgan fingerprint density at radius 1 is 0.964 bits per heavy atom. The van der Waals surface area contributed by atoms with Crippen molar-refractivity contribution in [2.75, 3.05) is 0 Å². The highest BCUT2D eigenvalue weighted by Gasteiger charge is 2.22. The molecule has 0 fully saturated rings. The topological polar surface area (TPSA) is 46.2 Å². The lowest BCUT2D eigenvalue weighted by molar-refractivity contribution is 0.559. The molecule has 0 aliphatic rings. The summed E-state index contributed by atoms with van der Waals surface area (Å²) in [7, 11) is -3.69. The minimum absolute atomic E-state index is 0.238. The molecule has 0 radical (unpaired) electrons. The van der Waals surface area contributed by atoms with Crippen LogP contribution in [-0.4, -0.2) is 8.42 Å². The Morgan fingerprint density at radius 2 is 1.57 bits per heavy atom. The van der Waals surface area contributed by atoms with E-state index in [-0.39, 0.29) is 4.90 Å². The molecule has 28 heavy (non-hydrogen) atoms. The zero-order valence-electron chi connectivity index (χ0n) is 15.6. The second-order valence-corrected chi connectivity index (χ2v) is 8.86. The van der Waals surface area contributed by atoms with Crippen molar-refractivity contribution in [2.24, 2.45) is 0 Å². The summed E-state index contributed by atoms with van der Waals surface area (Å²) < 4.78 is 28.7. The van der Waals surface area contributed by atoms with E-state index in [2.05, 4.69) is 11.3 Å². The Labute approximate surface area is 171 Å². The molecule has 0 bridgehead atoms. The van der Waals surface area contributed by atoms with E-state index in [1.807, 2.05) is 49.4 Å². The molecule has 3 rings (SSSR count). The van der Waals surface area contributed by atoms with E-state index < -0.39 is 16.1 Å². The van der Waals surface area contributed by atoms with Crippen LogP contribution in [0.1, 0.15) is 29.2 Å². The molecule has 0 aliphatic carbocycles. The van der Waals surface area contributed by atoms with Gasteiger partial charge in [0.25, 0.3) is 0 Å². The average Bonchev–Trinajstić information content (AvgIpc) is 2.69. The van der Waals surface area contributed by atoms with Gasteiger partial charge in [-0.15, -0.1) is 0 Å². The van der Waals surface area contributed by atoms with Crippen LogP contribution in [-0.2, 0) is 10.0 Å². The molecule has 144 valence electrons. The van der Waals surface area contributed by atoms with Gasteiger partial charge in [0.2, 0.25) is 10.0 Å². The number of nitrogens with one attached hydrogen (secondary N) is 1. The molecular weight excluding hydrogens is 390 g/mol. The number of hydrogen-bond acceptors (Lipinski definition) is 2. The van der Waals surface area contributed by atoms with Crippen molar-refractivity contribution in [3.05, 3.63) is 107 Å². The fourth-order valence-electron chi connectivity index (χ4n) is 2.93. The number of benzene rings is 3. The minimum atomic E-state index is -3.69. The third kappa shape index (κ3) is 5.10. The van der Waals surface area contributed by atoms with Gasteiger partial charge in [-0.25, -0.2) is 13.1 Å². The fourth-order valence-corrected chi connectivity index (χ4v) is 4.28. The van der Waals surface area contributed by atoms with Gasteiger partial charge in [0.05, 0.1) is 10.9 Å². The van der Waals surface area contributed by atoms with Crippen LogP contribution in [0.3, 0.4) is 0 Å². The van der Waals surface area contributed by atoms with Crippen molar-refractivity contribution in [1.29, 1.82) is 0 Å². The zero-order valence-corrected chi connectivity index (χ0v) is 17.2. The number of rotatable bonds is 7. The number of hydrogen-bond donors (Lipinski definition) is 1. The third-order valence-electron chi connectivity index (χ3n) is 4.53. The molecule has 0 heterocycles. The van der Waals surface area contributed by atoms with E-state index in [0.717, 1.165) is 22.3 Å². The first-order valence-corrected chi connectivity index (χ1v) is 10.8. The molecule has 1 N–H and O–H groups in total. The summed E-state index contributed by atoms with van der Waals surface area (Å²) in [6, 6.07) is 23.3. The van der Waals surface area contributed by atoms with E-state index in [1.54, 1.807) is 36.4 Å². The molecule has 1 atom stereocenters. The van der Waals surface area contributed by atoms with Gasteiger partial charge in [-0.3, -0.25) is 0 Å². The van der Waals surface area contributed by atoms with Crippen LogP contribution < -0.4 is 4.72 Å². The number of aryl methyl sites for hydroxylation is 1. The van der Waals surface area contributed by atoms with E-state index in [0.29, 0.717) is 11.4 Å². The molecular formula is C23H22ClNO2S. The van der Waals surface area contributed by atoms with Gasteiger partial charge in [0.15, 0.2) is 0 Å². The van der Waals surface area contributed by atoms with Gasteiger partial charge in [0, 0.05) is 5.02 Å². The molecule has 3 aromatic rings. The summed E-state index contributed by atoms with van der Waals surface area (Å²) in [5.74, 6) is 0. The Morgan fingerprint density at radius 3 is 2.18 bits per heavy atom. The summed E-state index contributed by atoms with van der Waals surface area (Å²) in [4.78, 5) is 0.238. The third-order valence-corrected chi connectivity index (χ3v) is 6.27. The van der Waals surface area contributed by atoms with E-state index in [4.69, 9.17) is 11.6 Å². The van der Waals surface area contributed by atoms with Crippen LogP contribution in [0.2, 0.25) is 5.02 Å². The monoisotopic (exact) mass is 411 g/mol. The largest absolute Gasteiger partial charge is 0.241 e. The lowest BCUT2D eigenvalue weighted by Gasteiger charge is -2.21. The maximum absolute atomic E-state index is 12.9. The van der Waals surface area contributed by atoms with Gasteiger partial charge in [-0.05, 0) is 54.3 Å². The first-order chi connectivity index (χ1) is 13.3. The van der Waals surface area contributed by atoms with Gasteiger partial charge in [0.1, 0.15) is 0 Å². The Hall–Kier alpha value is -2.40. The Kier molecular flexibility index (Phi) is 6.35. The summed E-state index contributed by atoms with van der Waals surface area (Å²) in [5.41, 5.74) is 3.67. The highest BCUT2D eigenvalue weighted by Crippen LogP contribution is 2.29. The van der Waals surface area contributed by atoms with Crippen LogP contribution in [0.5, 0.6) is 0 Å². The SMILES string of the molecule is C=C(CC(NS(=O)(=O)c1ccc(C)cc1)c1ccc(Cl)cc1)c1ccccc1. The van der Waals surface area contributed by atoms with Gasteiger partial charge < -0.3 is 0 Å². The molecule has 0 saturated carbocycles. The minimum Gasteiger partial charge on any atom is -0.207 e. The summed E-state index contributed by atoms with van der Waals surface area (Å²) in [6.45, 7) is 6.08. The van der Waals surface area contributed by atoms with Gasteiger partial charge in [-0.1, -0.05) is 78.3 Å². The van der Waals surface area contributed by atoms with Crippen LogP contribution in [0.4, 0.5) is 0 Å². The lowest BCUT2D eigenvalue weighted by atomic mass is 9.96. The van der Waals surface area contributed by atoms with Gasteiger partial charge in [-0.2, -0.15) is 0 Å². The smallest absolute Gasteiger partial charge is 0.207 e. The van der Waals surface area contributed by atoms with Crippen LogP contribution in [0.15, 0.2) is 90.3 Å². The first-order valence-electron chi connectivity index (χ1n) is 8.93. The lowest BCUT2D eigenvalue weighted by Crippen LogP contribution is -2.29. The van der Waals surface area contributed by atoms with E-state index >= 15 is 0 Å². The normalized spacial score (nSPS) is 12.5. The number of sulfonamides is 1. The average molecular weight is 412 g/mol. The molecule has 1 unspecified atom stereocenters. The highest BCUT2D eigenvalue weighted by molar-refractivity contribution is 7.89. The second-order valence-electron chi connectivity index (χ2n) is 6.71. The van der Waals surface area contributed by atoms with Crippen LogP contribution in [0, 0.1) is 6.92 Å². The highest BCUT2D eigenvalue weighted by atomic mass is 35.5. The van der Waals surface area contributed by atoms with Crippen molar-refractivity contribution in [1.82, 2.24) is 4.72 Å². The van der Waals surface area contributed by atoms with Crippen molar-refractivity contribution in [2.45, 2.75) is 24.3 Å². The summed E-state index contributed by atoms with van der Waals surface area (Å²) in [5, 5.41) is 0.603. The maximum atomic E-state index is 12.9. The maximum Gasteiger partial charge on any atom is 0.241 e. The van der Waals surface area contributed by atoms with Crippen molar-refractivity contribution < 1.29 is 8.42 Å². The molecule has 0 aromatic heterocycles. The molecule has 3 nitrogen and oxygen atoms in total. The molecule has 5 heteroatoms. The van der Waals surface area contributed by atoms with Crippen molar-refractivity contribution in [3.63, 3.8) is 0 Å². The second kappa shape index (κ2) is 8.74. The summed E-state index contributed by atoms with van der Waals surface area (Å²) in [6.07, 6.45) is 0.441. The van der Waals surface area contributed by atoms with Crippen molar-refractivity contribution >= 4 is 27.2 Å². The summed E-state index contributed by atoms with van der Waals surface area (Å²) >= 11 is 6.01. The van der Waals surface area contributed by atoms with Crippen LogP contribution >= 0.6 is 11.6 Å². The van der Waals surface area contributed by atoms with E-state index in [1.165, 1.54) is 0 Å². The van der Waals surface area contributed by atoms with Gasteiger partial charge >= 0.3 is 0 Å². The molecule has 3 aromatic carbocycles. The van der Waals surface area contributed by atoms with E-state index in [9.17, 15) is 8.42 Å². The first kappa shape index (κ1) is 20.3. The Balaban J connectivity index is 1.90. The molecule has 0 spiro atoms. The predicted molar refractivity (Wildman–Crippen MR) is 116 cm³/mol. The Bertz CT molecular complexity index is 1040.